The summed E-state index contributed by atoms with van der Waals surface area (Å²) in [4.78, 5) is 19.8. The van der Waals surface area contributed by atoms with Gasteiger partial charge < -0.3 is 4.40 Å². The molecule has 1 aliphatic rings. The summed E-state index contributed by atoms with van der Waals surface area (Å²) < 4.78 is 27.0. The molecule has 2 aromatic heterocycles. The molecule has 0 atom stereocenters. The van der Waals surface area contributed by atoms with Gasteiger partial charge in [-0.05, 0) is 62.3 Å². The van der Waals surface area contributed by atoms with Gasteiger partial charge in [0.15, 0.2) is 5.78 Å². The fourth-order valence-electron chi connectivity index (χ4n) is 3.80. The Morgan fingerprint density at radius 1 is 1.14 bits per heavy atom. The van der Waals surface area contributed by atoms with Gasteiger partial charge >= 0.3 is 0 Å². The van der Waals surface area contributed by atoms with Gasteiger partial charge in [0.05, 0.1) is 11.9 Å². The summed E-state index contributed by atoms with van der Waals surface area (Å²) in [5.41, 5.74) is 3.07. The number of fused-ring (bicyclic) bond motifs is 1. The third kappa shape index (κ3) is 4.83. The zero-order valence-corrected chi connectivity index (χ0v) is 17.1. The van der Waals surface area contributed by atoms with Crippen molar-refractivity contribution in [3.05, 3.63) is 66.1 Å². The number of hydrogen-bond donors (Lipinski definition) is 1. The van der Waals surface area contributed by atoms with Crippen LogP contribution in [0.2, 0.25) is 0 Å². The van der Waals surface area contributed by atoms with Gasteiger partial charge in [-0.1, -0.05) is 6.07 Å². The summed E-state index contributed by atoms with van der Waals surface area (Å²) in [6.07, 6.45) is 6.78. The first kappa shape index (κ1) is 19.6. The molecular formula is C21H24N4O3S. The third-order valence-corrected chi connectivity index (χ3v) is 5.84. The molecule has 7 nitrogen and oxygen atoms in total. The van der Waals surface area contributed by atoms with Gasteiger partial charge in [0, 0.05) is 36.1 Å². The third-order valence-electron chi connectivity index (χ3n) is 5.23. The Hall–Kier alpha value is -2.71. The Morgan fingerprint density at radius 2 is 1.86 bits per heavy atom. The van der Waals surface area contributed by atoms with Crippen molar-refractivity contribution >= 4 is 27.1 Å². The molecule has 0 spiro atoms. The SMILES string of the molecule is CS(=O)(=O)Nc1ccc(C(=O)C2CCN(Cc3cn4ccccc4n3)CC2)cc1. The lowest BCUT2D eigenvalue weighted by Gasteiger charge is -2.30. The number of nitrogens with one attached hydrogen (secondary N) is 1. The summed E-state index contributed by atoms with van der Waals surface area (Å²) in [6, 6.07) is 12.6. The first-order valence-electron chi connectivity index (χ1n) is 9.64. The summed E-state index contributed by atoms with van der Waals surface area (Å²) in [5, 5.41) is 0. The second-order valence-corrected chi connectivity index (χ2v) is 9.31. The van der Waals surface area contributed by atoms with E-state index in [0.29, 0.717) is 11.3 Å². The van der Waals surface area contributed by atoms with Crippen molar-refractivity contribution in [2.45, 2.75) is 19.4 Å². The van der Waals surface area contributed by atoms with E-state index in [-0.39, 0.29) is 11.7 Å². The molecule has 0 radical (unpaired) electrons. The second-order valence-electron chi connectivity index (χ2n) is 7.56. The maximum absolute atomic E-state index is 12.8. The van der Waals surface area contributed by atoms with E-state index in [1.807, 2.05) is 28.8 Å². The summed E-state index contributed by atoms with van der Waals surface area (Å²) in [5.74, 6) is 0.129. The average Bonchev–Trinajstić information content (AvgIpc) is 3.10. The molecule has 8 heteroatoms. The molecule has 1 aromatic carbocycles. The van der Waals surface area contributed by atoms with Gasteiger partial charge in [-0.2, -0.15) is 0 Å². The summed E-state index contributed by atoms with van der Waals surface area (Å²) >= 11 is 0. The number of nitrogens with zero attached hydrogens (tertiary/aromatic N) is 3. The number of imidazole rings is 1. The number of rotatable bonds is 6. The van der Waals surface area contributed by atoms with E-state index in [2.05, 4.69) is 20.8 Å². The molecule has 152 valence electrons. The lowest BCUT2D eigenvalue weighted by Crippen LogP contribution is -2.36. The van der Waals surface area contributed by atoms with Crippen LogP contribution >= 0.6 is 0 Å². The van der Waals surface area contributed by atoms with E-state index in [9.17, 15) is 13.2 Å². The molecule has 0 aliphatic carbocycles. The molecule has 1 fully saturated rings. The zero-order chi connectivity index (χ0) is 20.4. The standard InChI is InChI=1S/C21H24N4O3S/c1-29(27,28)23-18-7-5-16(6-8-18)21(26)17-9-12-24(13-10-17)14-19-15-25-11-3-2-4-20(25)22-19/h2-8,11,15,17,23H,9-10,12-14H2,1H3. The minimum absolute atomic E-state index is 0.000959. The molecule has 1 saturated heterocycles. The van der Waals surface area contributed by atoms with Crippen LogP contribution in [-0.2, 0) is 16.6 Å². The normalized spacial score (nSPS) is 16.2. The number of benzene rings is 1. The van der Waals surface area contributed by atoms with Gasteiger partial charge in [-0.15, -0.1) is 0 Å². The molecule has 0 amide bonds. The molecule has 4 rings (SSSR count). The Morgan fingerprint density at radius 3 is 2.52 bits per heavy atom. The fraction of sp³-hybridized carbons (Fsp3) is 0.333. The van der Waals surface area contributed by atoms with E-state index in [4.69, 9.17) is 0 Å². The Kier molecular flexibility index (Phi) is 5.38. The van der Waals surface area contributed by atoms with Crippen LogP contribution in [0.1, 0.15) is 28.9 Å². The maximum atomic E-state index is 12.8. The number of sulfonamides is 1. The van der Waals surface area contributed by atoms with Crippen LogP contribution < -0.4 is 4.72 Å². The van der Waals surface area contributed by atoms with Crippen molar-refractivity contribution in [3.8, 4) is 0 Å². The molecule has 3 aromatic rings. The molecule has 1 aliphatic heterocycles. The van der Waals surface area contributed by atoms with Crippen molar-refractivity contribution in [2.24, 2.45) is 5.92 Å². The fourth-order valence-corrected chi connectivity index (χ4v) is 4.36. The van der Waals surface area contributed by atoms with Gasteiger partial charge in [0.25, 0.3) is 0 Å². The highest BCUT2D eigenvalue weighted by molar-refractivity contribution is 7.92. The highest BCUT2D eigenvalue weighted by Crippen LogP contribution is 2.24. The van der Waals surface area contributed by atoms with Crippen LogP contribution in [0.4, 0.5) is 5.69 Å². The van der Waals surface area contributed by atoms with Crippen LogP contribution in [0.15, 0.2) is 54.9 Å². The van der Waals surface area contributed by atoms with Crippen molar-refractivity contribution in [2.75, 3.05) is 24.1 Å². The Labute approximate surface area is 170 Å². The molecule has 3 heterocycles. The number of Topliss-reactive ketones (excluding diaryl/α,β-unsaturated/α-hetero) is 1. The molecule has 29 heavy (non-hydrogen) atoms. The number of piperidine rings is 1. The minimum atomic E-state index is -3.32. The quantitative estimate of drug-likeness (QED) is 0.630. The molecule has 0 saturated carbocycles. The molecular weight excluding hydrogens is 388 g/mol. The number of ketones is 1. The van der Waals surface area contributed by atoms with Crippen molar-refractivity contribution < 1.29 is 13.2 Å². The highest BCUT2D eigenvalue weighted by Gasteiger charge is 2.26. The predicted octanol–water partition coefficient (Wildman–Crippen LogP) is 2.80. The van der Waals surface area contributed by atoms with Gasteiger partial charge in [-0.25, -0.2) is 13.4 Å². The van der Waals surface area contributed by atoms with Crippen LogP contribution in [0.25, 0.3) is 5.65 Å². The van der Waals surface area contributed by atoms with Crippen LogP contribution in [-0.4, -0.2) is 47.8 Å². The van der Waals surface area contributed by atoms with Crippen LogP contribution in [0, 0.1) is 5.92 Å². The lowest BCUT2D eigenvalue weighted by molar-refractivity contribution is 0.0834. The number of hydrogen-bond acceptors (Lipinski definition) is 5. The van der Waals surface area contributed by atoms with Crippen molar-refractivity contribution in [1.82, 2.24) is 14.3 Å². The monoisotopic (exact) mass is 412 g/mol. The predicted molar refractivity (Wildman–Crippen MR) is 112 cm³/mol. The Balaban J connectivity index is 1.33. The molecule has 1 N–H and O–H groups in total. The average molecular weight is 413 g/mol. The Bertz CT molecular complexity index is 1080. The van der Waals surface area contributed by atoms with E-state index in [1.165, 1.54) is 0 Å². The smallest absolute Gasteiger partial charge is 0.229 e. The lowest BCUT2D eigenvalue weighted by atomic mass is 9.89. The van der Waals surface area contributed by atoms with E-state index >= 15 is 0 Å². The first-order chi connectivity index (χ1) is 13.9. The topological polar surface area (TPSA) is 83.8 Å². The summed E-state index contributed by atoms with van der Waals surface area (Å²) in [7, 11) is -3.32. The van der Waals surface area contributed by atoms with Crippen LogP contribution in [0.5, 0.6) is 0 Å². The zero-order valence-electron chi connectivity index (χ0n) is 16.3. The summed E-state index contributed by atoms with van der Waals surface area (Å²) in [6.45, 7) is 2.50. The molecule has 0 unspecified atom stereocenters. The number of likely N-dealkylation sites (tertiary alicyclic amines) is 1. The first-order valence-corrected chi connectivity index (χ1v) is 11.5. The number of pyridine rings is 1. The second kappa shape index (κ2) is 7.96. The van der Waals surface area contributed by atoms with Crippen molar-refractivity contribution in [1.29, 1.82) is 0 Å². The van der Waals surface area contributed by atoms with Gasteiger partial charge in [0.2, 0.25) is 10.0 Å². The van der Waals surface area contributed by atoms with E-state index in [0.717, 1.165) is 50.1 Å². The number of aromatic nitrogens is 2. The number of carbonyl (C=O) groups is 1. The molecule has 0 bridgehead atoms. The van der Waals surface area contributed by atoms with E-state index in [1.54, 1.807) is 24.3 Å². The number of anilines is 1. The highest BCUT2D eigenvalue weighted by atomic mass is 32.2. The van der Waals surface area contributed by atoms with Crippen molar-refractivity contribution in [3.63, 3.8) is 0 Å². The number of carbonyl (C=O) groups excluding carboxylic acids is 1. The minimum Gasteiger partial charge on any atom is -0.307 e. The van der Waals surface area contributed by atoms with E-state index < -0.39 is 10.0 Å². The largest absolute Gasteiger partial charge is 0.307 e. The van der Waals surface area contributed by atoms with Gasteiger partial charge in [-0.3, -0.25) is 14.4 Å². The van der Waals surface area contributed by atoms with Crippen LogP contribution in [0.3, 0.4) is 0 Å². The maximum Gasteiger partial charge on any atom is 0.229 e. The van der Waals surface area contributed by atoms with Gasteiger partial charge in [0.1, 0.15) is 5.65 Å².